The maximum absolute atomic E-state index is 11.6. The van der Waals surface area contributed by atoms with E-state index >= 15 is 0 Å². The number of halogens is 4. The number of likely N-dealkylation sites (N-methyl/N-ethyl adjacent to an activating group) is 2. The highest BCUT2D eigenvalue weighted by molar-refractivity contribution is 8.24. The predicted molar refractivity (Wildman–Crippen MR) is 588 cm³/mol. The van der Waals surface area contributed by atoms with Crippen LogP contribution in [0.4, 0.5) is 29.2 Å². The number of hydrogen-bond donors (Lipinski definition) is 9. The minimum absolute atomic E-state index is 0. The molecular formula is C102H143Cl4N14O24PS3. The molecule has 1 saturated heterocycles. The molecule has 46 heteroatoms. The number of anilines is 5. The Balaban J connectivity index is 0. The summed E-state index contributed by atoms with van der Waals surface area (Å²) in [4.78, 5) is 29.8. The number of ketones is 1. The van der Waals surface area contributed by atoms with Crippen molar-refractivity contribution in [3.63, 3.8) is 0 Å². The number of rotatable bonds is 30. The third-order valence-corrected chi connectivity index (χ3v) is 22.4. The number of Topliss-reactive ketones (excluding diaryl/α,β-unsaturated/α-hetero) is 1. The van der Waals surface area contributed by atoms with Gasteiger partial charge in [0.1, 0.15) is 120 Å². The molecule has 148 heavy (non-hydrogen) atoms. The van der Waals surface area contributed by atoms with Crippen molar-refractivity contribution in [1.29, 1.82) is 15.8 Å². The van der Waals surface area contributed by atoms with E-state index in [1.165, 1.54) is 57.8 Å². The number of phenols is 2. The number of aromatic hydroxyl groups is 2. The van der Waals surface area contributed by atoms with Gasteiger partial charge in [-0.15, -0.1) is 0 Å². The molecule has 0 radical (unpaired) electrons. The van der Waals surface area contributed by atoms with E-state index in [9.17, 15) is 51.5 Å². The molecule has 2 aromatic heterocycles. The van der Waals surface area contributed by atoms with Crippen molar-refractivity contribution >= 4 is 114 Å². The number of nitriles is 3. The zero-order chi connectivity index (χ0) is 110. The Kier molecular flexibility index (Phi) is 62.9. The van der Waals surface area contributed by atoms with Crippen LogP contribution in [-0.4, -0.2) is 188 Å². The van der Waals surface area contributed by atoms with Gasteiger partial charge < -0.3 is 95.3 Å². The molecule has 1 unspecified atom stereocenters. The highest BCUT2D eigenvalue weighted by Gasteiger charge is 2.30. The minimum atomic E-state index is -4.51. The predicted octanol–water partition coefficient (Wildman–Crippen LogP) is 23.4. The molecule has 10 aromatic rings. The number of sulfone groups is 1. The molecule has 0 amide bonds. The number of phenolic OH excluding ortho intramolecular Hbond substituents is 2. The van der Waals surface area contributed by atoms with Crippen LogP contribution in [0.1, 0.15) is 204 Å². The van der Waals surface area contributed by atoms with Crippen LogP contribution >= 0.6 is 49.6 Å². The van der Waals surface area contributed by atoms with Crippen LogP contribution in [0.3, 0.4) is 0 Å². The number of hydrogen-bond acceptors (Lipinski definition) is 36. The molecule has 0 saturated carbocycles. The van der Waals surface area contributed by atoms with Gasteiger partial charge in [0, 0.05) is 55.8 Å². The summed E-state index contributed by atoms with van der Waals surface area (Å²) in [5, 5.41) is 45.8. The number of ether oxygens (including phenoxy) is 12. The van der Waals surface area contributed by atoms with E-state index in [2.05, 4.69) is 137 Å². The fourth-order valence-corrected chi connectivity index (χ4v) is 14.7. The topological polar surface area (TPSA) is 574 Å². The molecular weight excluding hydrogens is 2070 g/mol. The molecule has 0 bridgehead atoms. The number of nitrogens with one attached hydrogen (secondary N) is 1. The fraction of sp³-hybridized carbons (Fsp3) is 0.392. The summed E-state index contributed by atoms with van der Waals surface area (Å²) < 4.78 is 153. The van der Waals surface area contributed by atoms with Crippen LogP contribution in [0.5, 0.6) is 92.0 Å². The Bertz CT molecular complexity index is 6340. The van der Waals surface area contributed by atoms with Gasteiger partial charge in [-0.2, -0.15) is 42.6 Å². The van der Waals surface area contributed by atoms with Gasteiger partial charge in [-0.1, -0.05) is 124 Å². The van der Waals surface area contributed by atoms with E-state index in [1.807, 2.05) is 181 Å². The maximum Gasteiger partial charge on any atom is 0.353 e. The molecule has 816 valence electrons. The van der Waals surface area contributed by atoms with Gasteiger partial charge in [-0.05, 0) is 245 Å². The van der Waals surface area contributed by atoms with Gasteiger partial charge in [-0.3, -0.25) is 28.3 Å². The van der Waals surface area contributed by atoms with Crippen molar-refractivity contribution in [3.8, 4) is 110 Å². The minimum Gasteiger partial charge on any atom is -0.508 e. The Morgan fingerprint density at radius 2 is 0.851 bits per heavy atom. The molecule has 1 aliphatic heterocycles. The number of methoxy groups -OCH3 is 7. The van der Waals surface area contributed by atoms with Gasteiger partial charge >= 0.3 is 14.5 Å². The largest absolute Gasteiger partial charge is 0.508 e. The Morgan fingerprint density at radius 3 is 1.20 bits per heavy atom. The number of benzene rings is 8. The van der Waals surface area contributed by atoms with E-state index in [0.29, 0.717) is 57.7 Å². The number of nitrogens with zero attached hydrogens (tertiary/aromatic N) is 9. The van der Waals surface area contributed by atoms with Crippen LogP contribution in [0.2, 0.25) is 0 Å². The van der Waals surface area contributed by atoms with Gasteiger partial charge in [0.15, 0.2) is 35.5 Å². The number of allylic oxidation sites excluding steroid dienone is 1. The summed E-state index contributed by atoms with van der Waals surface area (Å²) in [7, 11) is 11.5. The highest BCUT2D eigenvalue weighted by Crippen LogP contribution is 2.61. The first-order valence-corrected chi connectivity index (χ1v) is 54.1. The monoisotopic (exact) mass is 2210 g/mol. The number of aromatic nitrogens is 4. The van der Waals surface area contributed by atoms with Crippen molar-refractivity contribution in [3.05, 3.63) is 215 Å². The standard InChI is InChI=1S/C19H20N2O2.C17H27N3O2.C14H18N4O5S.C14H18N4O2.C12H15NO2.C10H14O2.C9H10O3.C4H8O2S.3CH4.Cl3OP.ClHO3S/c1-14(2)18-11-16(22-3)9-10-19(18)23-17(12-20)13-21-15-7-5-4-6-8-15;1-12(2)14-10-13(21-7)8-9-15(14)22-16(11-18)17(19(3)4)20(5)6;1-7(2)8-4-10(22-3)12(24(19,20)21)5-9(8)23-11-6-17-14(16)18-13(11)15;1-8(2)10-6-9(19-3)4-5-11(10)20-12-7-17-14(16)18-13(12)15;1-9(2)11-8-10(14-3)4-5-12(11)15-7-6-13;1-7(2)9-6-8(12-3)4-5-10(9)11;1-6(10)8-5-7(12-2)3-4-9(8)11;5-7(6)3-1-2-4-7;;;;2*1-5(2,3)4/h4-11,13-14,21H,1-3H3;8-10,12,16-17H,1-7H3;4-7H,1-3H3,(H,19,20,21)(H4,15,16,17,18);4-8H,1-3H3,(H4,15,16,17,18);4-5,8-9H,7H2,1-3H3;4-7,11H,1-3H3;3-5,11H,1-2H3;1-4H2;3*1H4;;(H,2,3,4)/b17-13+;;;;;;;;;;;;. The van der Waals surface area contributed by atoms with Crippen molar-refractivity contribution in [2.45, 2.75) is 178 Å². The SMILES string of the molecule is C.C.C.COc1cc(C(C)C)c(Oc2cnc(N)nc2N)cc1S(=O)(=O)O.COc1ccc(O)c(C(C)=O)c1.COc1ccc(O)c(C(C)C)c1.COc1ccc(O/C(C#N)=C/Nc2ccccc2)c(C(C)C)c1.COc1ccc(OC(C#N)C(N(C)C)N(C)C)c(C(C)C)c1.COc1ccc(OCC#N)c(C(C)C)c1.COc1ccc(Oc2cnc(N)nc2N)c(C(C)C)c1.O=P(Cl)(Cl)Cl.O=S(=O)(O)Cl.O=S1(=O)CCCC1. The third kappa shape index (κ3) is 51.1. The van der Waals surface area contributed by atoms with Crippen molar-refractivity contribution < 1.29 is 111 Å². The van der Waals surface area contributed by atoms with E-state index in [4.69, 9.17) is 98.0 Å². The summed E-state index contributed by atoms with van der Waals surface area (Å²) >= 11 is 13.8. The van der Waals surface area contributed by atoms with E-state index in [-0.39, 0.29) is 122 Å². The van der Waals surface area contributed by atoms with Crippen LogP contribution in [0.15, 0.2) is 181 Å². The Labute approximate surface area is 891 Å². The first-order chi connectivity index (χ1) is 67.8. The van der Waals surface area contributed by atoms with Crippen LogP contribution in [0, 0.1) is 34.0 Å². The molecule has 1 aliphatic rings. The van der Waals surface area contributed by atoms with Crippen molar-refractivity contribution in [1.82, 2.24) is 29.7 Å². The highest BCUT2D eigenvalue weighted by atomic mass is 36.0. The van der Waals surface area contributed by atoms with E-state index < -0.39 is 45.5 Å². The second-order valence-corrected chi connectivity index (χ2v) is 45.3. The Morgan fingerprint density at radius 1 is 0.500 bits per heavy atom. The number of carbonyl (C=O) groups is 1. The molecule has 1 fully saturated rings. The van der Waals surface area contributed by atoms with Crippen molar-refractivity contribution in [2.24, 2.45) is 0 Å². The van der Waals surface area contributed by atoms with Gasteiger partial charge in [0.2, 0.25) is 23.8 Å². The van der Waals surface area contributed by atoms with E-state index in [0.717, 1.165) is 86.6 Å². The smallest absolute Gasteiger partial charge is 0.353 e. The molecule has 1 atom stereocenters. The lowest BCUT2D eigenvalue weighted by Crippen LogP contribution is -2.50. The number of nitrogen functional groups attached to an aromatic ring is 4. The Hall–Kier alpha value is -12.9. The lowest BCUT2D eigenvalue weighted by Gasteiger charge is -2.34. The third-order valence-electron chi connectivity index (χ3n) is 19.7. The van der Waals surface area contributed by atoms with Gasteiger partial charge in [0.25, 0.3) is 10.1 Å². The zero-order valence-corrected chi connectivity index (χ0v) is 91.7. The molecule has 38 nitrogen and oxygen atoms in total. The number of para-hydroxylation sites is 1. The van der Waals surface area contributed by atoms with Crippen LogP contribution in [0.25, 0.3) is 0 Å². The summed E-state index contributed by atoms with van der Waals surface area (Å²) in [6, 6.07) is 50.9. The second-order valence-electron chi connectivity index (χ2n) is 32.9. The van der Waals surface area contributed by atoms with Gasteiger partial charge in [-0.25, -0.2) is 18.4 Å². The first-order valence-electron chi connectivity index (χ1n) is 44.1. The maximum atomic E-state index is 11.6. The average Bonchev–Trinajstić information content (AvgIpc) is 0.905. The molecule has 0 spiro atoms. The lowest BCUT2D eigenvalue weighted by molar-refractivity contribution is 0.0402. The number of carbonyl (C=O) groups excluding carboxylic acids is 1. The quantitative estimate of drug-likeness (QED) is 0.00384. The lowest BCUT2D eigenvalue weighted by atomic mass is 10.0. The van der Waals surface area contributed by atoms with E-state index in [1.54, 1.807) is 59.9 Å². The van der Waals surface area contributed by atoms with Crippen LogP contribution in [-0.2, 0) is 33.9 Å². The average molecular weight is 2220 g/mol. The molecule has 13 N–H and O–H groups in total. The van der Waals surface area contributed by atoms with Crippen LogP contribution < -0.4 is 85.1 Å². The molecule has 11 rings (SSSR count). The second kappa shape index (κ2) is 67.8. The normalized spacial score (nSPS) is 11.6. The summed E-state index contributed by atoms with van der Waals surface area (Å²) in [5.41, 5.74) is 29.2. The van der Waals surface area contributed by atoms with Crippen molar-refractivity contribution in [2.75, 3.05) is 124 Å². The molecule has 8 aromatic carbocycles. The fourth-order valence-electron chi connectivity index (χ4n) is 12.6. The van der Waals surface area contributed by atoms with Gasteiger partial charge in [0.05, 0.1) is 85.4 Å². The summed E-state index contributed by atoms with van der Waals surface area (Å²) in [6.45, 7) is 26.0. The zero-order valence-electron chi connectivity index (χ0n) is 85.3. The first kappa shape index (κ1) is 137. The summed E-state index contributed by atoms with van der Waals surface area (Å²) in [5.74, 6) is 11.0. The summed E-state index contributed by atoms with van der Waals surface area (Å²) in [6.07, 6.45) is 5.34. The number of nitrogens with two attached hydrogens (primary N) is 4. The molecule has 0 aliphatic carbocycles. The molecule has 3 heterocycles.